The van der Waals surface area contributed by atoms with Crippen LogP contribution in [0.15, 0.2) is 24.3 Å². The molecule has 0 aromatic heterocycles. The van der Waals surface area contributed by atoms with Gasteiger partial charge in [-0.2, -0.15) is 0 Å². The number of rotatable bonds is 2. The van der Waals surface area contributed by atoms with Crippen molar-refractivity contribution in [3.63, 3.8) is 0 Å². The maximum atomic E-state index is 5.77. The van der Waals surface area contributed by atoms with Crippen molar-refractivity contribution in [3.8, 4) is 0 Å². The first-order valence-corrected chi connectivity index (χ1v) is 3.98. The number of benzene rings is 1. The molecule has 0 fully saturated rings. The van der Waals surface area contributed by atoms with Crippen molar-refractivity contribution >= 4 is 17.5 Å². The molecular formula is C10H14N2. The van der Waals surface area contributed by atoms with Crippen LogP contribution in [0.5, 0.6) is 0 Å². The Kier molecular flexibility index (Phi) is 2.75. The maximum Gasteiger partial charge on any atom is 0.0571 e. The van der Waals surface area contributed by atoms with Crippen LogP contribution in [0, 0.1) is 0 Å². The molecule has 0 saturated heterocycles. The van der Waals surface area contributed by atoms with E-state index in [1.807, 2.05) is 44.3 Å². The van der Waals surface area contributed by atoms with Gasteiger partial charge in [0, 0.05) is 7.05 Å². The zero-order chi connectivity index (χ0) is 8.97. The fourth-order valence-electron chi connectivity index (χ4n) is 1.10. The molecule has 0 bridgehead atoms. The maximum absolute atomic E-state index is 5.77. The molecule has 1 rings (SSSR count). The highest BCUT2D eigenvalue weighted by Crippen LogP contribution is 2.19. The Bertz CT molecular complexity index is 290. The summed E-state index contributed by atoms with van der Waals surface area (Å²) in [6.45, 7) is 1.99. The van der Waals surface area contributed by atoms with Gasteiger partial charge < -0.3 is 11.1 Å². The smallest absolute Gasteiger partial charge is 0.0571 e. The SMILES string of the molecule is C/C=C\c1ccc(NC)c(N)c1. The van der Waals surface area contributed by atoms with Crippen molar-refractivity contribution in [3.05, 3.63) is 29.8 Å². The second kappa shape index (κ2) is 3.81. The Morgan fingerprint density at radius 1 is 1.42 bits per heavy atom. The summed E-state index contributed by atoms with van der Waals surface area (Å²) in [6, 6.07) is 5.96. The average molecular weight is 162 g/mol. The fraction of sp³-hybridized carbons (Fsp3) is 0.200. The summed E-state index contributed by atoms with van der Waals surface area (Å²) in [5, 5.41) is 3.02. The normalized spacial score (nSPS) is 10.5. The number of allylic oxidation sites excluding steroid dienone is 1. The van der Waals surface area contributed by atoms with E-state index in [2.05, 4.69) is 5.32 Å². The Balaban J connectivity index is 3.01. The molecule has 64 valence electrons. The van der Waals surface area contributed by atoms with Gasteiger partial charge in [-0.1, -0.05) is 18.2 Å². The highest BCUT2D eigenvalue weighted by molar-refractivity contribution is 5.70. The summed E-state index contributed by atoms with van der Waals surface area (Å²) >= 11 is 0. The van der Waals surface area contributed by atoms with Crippen LogP contribution in [0.3, 0.4) is 0 Å². The number of nitrogen functional groups attached to an aromatic ring is 1. The first-order chi connectivity index (χ1) is 5.77. The average Bonchev–Trinajstić information content (AvgIpc) is 2.05. The van der Waals surface area contributed by atoms with Gasteiger partial charge in [-0.15, -0.1) is 0 Å². The molecule has 0 heterocycles. The molecule has 0 unspecified atom stereocenters. The number of anilines is 2. The highest BCUT2D eigenvalue weighted by Gasteiger charge is 1.95. The van der Waals surface area contributed by atoms with Gasteiger partial charge in [-0.05, 0) is 24.6 Å². The predicted octanol–water partition coefficient (Wildman–Crippen LogP) is 2.34. The van der Waals surface area contributed by atoms with Crippen LogP contribution >= 0.6 is 0 Å². The molecule has 0 aliphatic rings. The summed E-state index contributed by atoms with van der Waals surface area (Å²) in [4.78, 5) is 0. The van der Waals surface area contributed by atoms with Crippen LogP contribution in [0.1, 0.15) is 12.5 Å². The van der Waals surface area contributed by atoms with Crippen LogP contribution in [0.25, 0.3) is 6.08 Å². The molecule has 0 atom stereocenters. The van der Waals surface area contributed by atoms with Crippen LogP contribution in [-0.2, 0) is 0 Å². The van der Waals surface area contributed by atoms with E-state index in [0.29, 0.717) is 0 Å². The molecule has 0 aliphatic carbocycles. The first-order valence-electron chi connectivity index (χ1n) is 3.98. The van der Waals surface area contributed by atoms with Gasteiger partial charge in [-0.3, -0.25) is 0 Å². The summed E-state index contributed by atoms with van der Waals surface area (Å²) in [5.74, 6) is 0. The van der Waals surface area contributed by atoms with Crippen LogP contribution < -0.4 is 11.1 Å². The number of hydrogen-bond donors (Lipinski definition) is 2. The van der Waals surface area contributed by atoms with Gasteiger partial charge in [0.2, 0.25) is 0 Å². The van der Waals surface area contributed by atoms with Crippen molar-refractivity contribution in [1.82, 2.24) is 0 Å². The summed E-state index contributed by atoms with van der Waals surface area (Å²) in [6.07, 6.45) is 4.02. The van der Waals surface area contributed by atoms with Crippen LogP contribution in [0.2, 0.25) is 0 Å². The zero-order valence-corrected chi connectivity index (χ0v) is 7.46. The van der Waals surface area contributed by atoms with Gasteiger partial charge in [0.15, 0.2) is 0 Å². The van der Waals surface area contributed by atoms with Gasteiger partial charge in [-0.25, -0.2) is 0 Å². The minimum absolute atomic E-state index is 0.785. The Morgan fingerprint density at radius 3 is 2.67 bits per heavy atom. The van der Waals surface area contributed by atoms with Crippen LogP contribution in [-0.4, -0.2) is 7.05 Å². The van der Waals surface area contributed by atoms with Crippen molar-refractivity contribution in [2.75, 3.05) is 18.1 Å². The number of nitrogens with one attached hydrogen (secondary N) is 1. The third kappa shape index (κ3) is 1.78. The standard InChI is InChI=1S/C10H14N2/c1-3-4-8-5-6-10(12-2)9(11)7-8/h3-7,12H,11H2,1-2H3/b4-3-. The van der Waals surface area contributed by atoms with Gasteiger partial charge in [0.1, 0.15) is 0 Å². The molecular weight excluding hydrogens is 148 g/mol. The van der Waals surface area contributed by atoms with E-state index in [1.54, 1.807) is 0 Å². The minimum Gasteiger partial charge on any atom is -0.397 e. The largest absolute Gasteiger partial charge is 0.397 e. The van der Waals surface area contributed by atoms with E-state index in [4.69, 9.17) is 5.73 Å². The van der Waals surface area contributed by atoms with E-state index in [1.165, 1.54) is 0 Å². The summed E-state index contributed by atoms with van der Waals surface area (Å²) in [5.41, 5.74) is 8.66. The fourth-order valence-corrected chi connectivity index (χ4v) is 1.10. The lowest BCUT2D eigenvalue weighted by Gasteiger charge is -2.04. The third-order valence-corrected chi connectivity index (χ3v) is 1.70. The number of hydrogen-bond acceptors (Lipinski definition) is 2. The number of nitrogens with two attached hydrogens (primary N) is 1. The molecule has 0 aliphatic heterocycles. The van der Waals surface area contributed by atoms with E-state index in [9.17, 15) is 0 Å². The quantitative estimate of drug-likeness (QED) is 0.655. The Morgan fingerprint density at radius 2 is 2.17 bits per heavy atom. The Labute approximate surface area is 73.1 Å². The molecule has 1 aromatic rings. The van der Waals surface area contributed by atoms with Gasteiger partial charge in [0.05, 0.1) is 11.4 Å². The molecule has 0 amide bonds. The van der Waals surface area contributed by atoms with E-state index < -0.39 is 0 Å². The molecule has 0 radical (unpaired) electrons. The Hall–Kier alpha value is -1.44. The second-order valence-corrected chi connectivity index (χ2v) is 2.60. The van der Waals surface area contributed by atoms with Crippen molar-refractivity contribution in [1.29, 1.82) is 0 Å². The summed E-state index contributed by atoms with van der Waals surface area (Å²) in [7, 11) is 1.86. The molecule has 2 heteroatoms. The third-order valence-electron chi connectivity index (χ3n) is 1.70. The molecule has 3 N–H and O–H groups in total. The first kappa shape index (κ1) is 8.65. The lowest BCUT2D eigenvalue weighted by atomic mass is 10.1. The molecule has 0 saturated carbocycles. The van der Waals surface area contributed by atoms with Crippen molar-refractivity contribution < 1.29 is 0 Å². The van der Waals surface area contributed by atoms with Crippen LogP contribution in [0.4, 0.5) is 11.4 Å². The lowest BCUT2D eigenvalue weighted by Crippen LogP contribution is -1.95. The lowest BCUT2D eigenvalue weighted by molar-refractivity contribution is 1.50. The van der Waals surface area contributed by atoms with E-state index in [0.717, 1.165) is 16.9 Å². The van der Waals surface area contributed by atoms with E-state index in [-0.39, 0.29) is 0 Å². The van der Waals surface area contributed by atoms with Crippen molar-refractivity contribution in [2.24, 2.45) is 0 Å². The summed E-state index contributed by atoms with van der Waals surface area (Å²) < 4.78 is 0. The minimum atomic E-state index is 0.785. The van der Waals surface area contributed by atoms with Gasteiger partial charge in [0.25, 0.3) is 0 Å². The topological polar surface area (TPSA) is 38.0 Å². The van der Waals surface area contributed by atoms with Crippen molar-refractivity contribution in [2.45, 2.75) is 6.92 Å². The molecule has 0 spiro atoms. The van der Waals surface area contributed by atoms with E-state index >= 15 is 0 Å². The molecule has 2 nitrogen and oxygen atoms in total. The predicted molar refractivity (Wildman–Crippen MR) is 55.1 cm³/mol. The molecule has 12 heavy (non-hydrogen) atoms. The zero-order valence-electron chi connectivity index (χ0n) is 7.46. The monoisotopic (exact) mass is 162 g/mol. The van der Waals surface area contributed by atoms with Gasteiger partial charge >= 0.3 is 0 Å². The second-order valence-electron chi connectivity index (χ2n) is 2.60. The highest BCUT2D eigenvalue weighted by atomic mass is 14.8. The molecule has 1 aromatic carbocycles.